The number of carbonyl (C=O) groups is 1. The van der Waals surface area contributed by atoms with Crippen molar-refractivity contribution in [1.29, 1.82) is 0 Å². The maximum atomic E-state index is 11.4. The van der Waals surface area contributed by atoms with Crippen molar-refractivity contribution in [2.24, 2.45) is 0 Å². The molecule has 2 nitrogen and oxygen atoms in total. The lowest BCUT2D eigenvalue weighted by molar-refractivity contribution is 0.0525. The van der Waals surface area contributed by atoms with Crippen LogP contribution in [0.4, 0.5) is 0 Å². The smallest absolute Gasteiger partial charge is 0.339 e. The summed E-state index contributed by atoms with van der Waals surface area (Å²) in [5.41, 5.74) is 1.98. The van der Waals surface area contributed by atoms with Crippen LogP contribution in [0.5, 0.6) is 0 Å². The van der Waals surface area contributed by atoms with E-state index in [1.54, 1.807) is 11.3 Å². The molecule has 0 bridgehead atoms. The van der Waals surface area contributed by atoms with Gasteiger partial charge >= 0.3 is 5.97 Å². The zero-order valence-corrected chi connectivity index (χ0v) is 8.39. The minimum Gasteiger partial charge on any atom is -0.462 e. The Morgan fingerprint density at radius 3 is 3.00 bits per heavy atom. The van der Waals surface area contributed by atoms with E-state index in [-0.39, 0.29) is 5.97 Å². The van der Waals surface area contributed by atoms with Crippen LogP contribution in [0.1, 0.15) is 41.6 Å². The van der Waals surface area contributed by atoms with Crippen molar-refractivity contribution in [1.82, 2.24) is 0 Å². The molecule has 0 amide bonds. The third-order valence-corrected chi connectivity index (χ3v) is 2.97. The van der Waals surface area contributed by atoms with Gasteiger partial charge in [-0.1, -0.05) is 0 Å². The molecule has 0 spiro atoms. The molecular weight excluding hydrogens is 184 g/mol. The second-order valence-corrected chi connectivity index (χ2v) is 3.98. The first-order chi connectivity index (χ1) is 6.33. The topological polar surface area (TPSA) is 26.3 Å². The van der Waals surface area contributed by atoms with Crippen LogP contribution >= 0.6 is 11.3 Å². The summed E-state index contributed by atoms with van der Waals surface area (Å²) in [5, 5.41) is 3.97. The summed E-state index contributed by atoms with van der Waals surface area (Å²) in [4.78, 5) is 11.4. The van der Waals surface area contributed by atoms with E-state index in [0.29, 0.717) is 12.5 Å². The Bertz CT molecular complexity index is 312. The molecule has 1 heterocycles. The average molecular weight is 196 g/mol. The normalized spacial score (nSPS) is 15.8. The highest BCUT2D eigenvalue weighted by atomic mass is 32.1. The van der Waals surface area contributed by atoms with E-state index in [9.17, 15) is 4.79 Å². The molecule has 3 heteroatoms. The molecule has 13 heavy (non-hydrogen) atoms. The van der Waals surface area contributed by atoms with E-state index in [2.05, 4.69) is 5.38 Å². The van der Waals surface area contributed by atoms with Crippen LogP contribution in [-0.4, -0.2) is 12.6 Å². The van der Waals surface area contributed by atoms with Gasteiger partial charge in [0.15, 0.2) is 0 Å². The Morgan fingerprint density at radius 2 is 2.38 bits per heavy atom. The van der Waals surface area contributed by atoms with E-state index in [0.717, 1.165) is 5.56 Å². The number of thiophene rings is 1. The van der Waals surface area contributed by atoms with Crippen molar-refractivity contribution < 1.29 is 9.53 Å². The first-order valence-electron chi connectivity index (χ1n) is 4.56. The molecule has 1 fully saturated rings. The monoisotopic (exact) mass is 196 g/mol. The number of rotatable bonds is 3. The standard InChI is InChI=1S/C10H12O2S/c1-2-12-10(11)9-6-13-5-8(9)7-3-4-7/h5-7H,2-4H2,1H3. The molecule has 0 aliphatic heterocycles. The SMILES string of the molecule is CCOC(=O)c1cscc1C1CC1. The predicted molar refractivity (Wildman–Crippen MR) is 52.3 cm³/mol. The van der Waals surface area contributed by atoms with Gasteiger partial charge in [0.25, 0.3) is 0 Å². The fourth-order valence-electron chi connectivity index (χ4n) is 1.39. The van der Waals surface area contributed by atoms with E-state index in [1.807, 2.05) is 12.3 Å². The lowest BCUT2D eigenvalue weighted by Gasteiger charge is -2.01. The molecule has 0 atom stereocenters. The average Bonchev–Trinajstić information content (AvgIpc) is 2.84. The highest BCUT2D eigenvalue weighted by Crippen LogP contribution is 2.43. The number of carbonyl (C=O) groups excluding carboxylic acids is 1. The minimum absolute atomic E-state index is 0.161. The molecular formula is C10H12O2S. The largest absolute Gasteiger partial charge is 0.462 e. The van der Waals surface area contributed by atoms with Crippen molar-refractivity contribution in [3.05, 3.63) is 21.9 Å². The Kier molecular flexibility index (Phi) is 2.36. The second-order valence-electron chi connectivity index (χ2n) is 3.24. The van der Waals surface area contributed by atoms with Gasteiger partial charge in [0.05, 0.1) is 12.2 Å². The van der Waals surface area contributed by atoms with Crippen LogP contribution in [-0.2, 0) is 4.74 Å². The van der Waals surface area contributed by atoms with Crippen LogP contribution in [0.15, 0.2) is 10.8 Å². The van der Waals surface area contributed by atoms with Gasteiger partial charge in [-0.3, -0.25) is 0 Å². The van der Waals surface area contributed by atoms with E-state index >= 15 is 0 Å². The van der Waals surface area contributed by atoms with Gasteiger partial charge in [0.2, 0.25) is 0 Å². The maximum Gasteiger partial charge on any atom is 0.339 e. The van der Waals surface area contributed by atoms with Crippen LogP contribution in [0.3, 0.4) is 0 Å². The van der Waals surface area contributed by atoms with Gasteiger partial charge in [-0.05, 0) is 36.6 Å². The first kappa shape index (κ1) is 8.75. The molecule has 0 saturated heterocycles. The van der Waals surface area contributed by atoms with Crippen LogP contribution in [0, 0.1) is 0 Å². The van der Waals surface area contributed by atoms with Crippen molar-refractivity contribution >= 4 is 17.3 Å². The Labute approximate surface area is 81.5 Å². The molecule has 1 aliphatic carbocycles. The summed E-state index contributed by atoms with van der Waals surface area (Å²) in [6.45, 7) is 2.29. The van der Waals surface area contributed by atoms with Gasteiger partial charge < -0.3 is 4.74 Å². The van der Waals surface area contributed by atoms with Crippen molar-refractivity contribution in [2.75, 3.05) is 6.61 Å². The molecule has 1 aromatic rings. The zero-order valence-electron chi connectivity index (χ0n) is 7.58. The molecule has 0 unspecified atom stereocenters. The molecule has 0 radical (unpaired) electrons. The van der Waals surface area contributed by atoms with E-state index < -0.39 is 0 Å². The summed E-state index contributed by atoms with van der Waals surface area (Å²) in [6, 6.07) is 0. The van der Waals surface area contributed by atoms with Gasteiger partial charge in [-0.2, -0.15) is 11.3 Å². The molecule has 0 N–H and O–H groups in total. The molecule has 1 aliphatic rings. The van der Waals surface area contributed by atoms with Crippen LogP contribution in [0.25, 0.3) is 0 Å². The van der Waals surface area contributed by atoms with Crippen molar-refractivity contribution in [3.63, 3.8) is 0 Å². The highest BCUT2D eigenvalue weighted by molar-refractivity contribution is 7.08. The van der Waals surface area contributed by atoms with Crippen molar-refractivity contribution in [3.8, 4) is 0 Å². The quantitative estimate of drug-likeness (QED) is 0.695. The number of hydrogen-bond acceptors (Lipinski definition) is 3. The summed E-state index contributed by atoms with van der Waals surface area (Å²) >= 11 is 1.59. The highest BCUT2D eigenvalue weighted by Gasteiger charge is 2.28. The van der Waals surface area contributed by atoms with Gasteiger partial charge in [-0.25, -0.2) is 4.79 Å². The molecule has 2 rings (SSSR count). The Balaban J connectivity index is 2.18. The molecule has 1 saturated carbocycles. The predicted octanol–water partition coefficient (Wildman–Crippen LogP) is 2.80. The number of ether oxygens (including phenoxy) is 1. The number of esters is 1. The van der Waals surface area contributed by atoms with Gasteiger partial charge in [0, 0.05) is 5.38 Å². The van der Waals surface area contributed by atoms with Crippen LogP contribution < -0.4 is 0 Å². The minimum atomic E-state index is -0.161. The Morgan fingerprint density at radius 1 is 1.62 bits per heavy atom. The molecule has 0 aromatic carbocycles. The van der Waals surface area contributed by atoms with Gasteiger partial charge in [-0.15, -0.1) is 0 Å². The summed E-state index contributed by atoms with van der Waals surface area (Å²) in [5.74, 6) is 0.469. The van der Waals surface area contributed by atoms with Gasteiger partial charge in [0.1, 0.15) is 0 Å². The van der Waals surface area contributed by atoms with E-state index in [4.69, 9.17) is 4.74 Å². The molecule has 70 valence electrons. The fourth-order valence-corrected chi connectivity index (χ4v) is 2.29. The maximum absolute atomic E-state index is 11.4. The van der Waals surface area contributed by atoms with E-state index in [1.165, 1.54) is 18.4 Å². The third kappa shape index (κ3) is 1.75. The Hall–Kier alpha value is -0.830. The van der Waals surface area contributed by atoms with Crippen molar-refractivity contribution in [2.45, 2.75) is 25.7 Å². The first-order valence-corrected chi connectivity index (χ1v) is 5.50. The summed E-state index contributed by atoms with van der Waals surface area (Å²) < 4.78 is 4.97. The summed E-state index contributed by atoms with van der Waals surface area (Å²) in [6.07, 6.45) is 2.45. The zero-order chi connectivity index (χ0) is 9.26. The lowest BCUT2D eigenvalue weighted by Crippen LogP contribution is -2.05. The van der Waals surface area contributed by atoms with Crippen LogP contribution in [0.2, 0.25) is 0 Å². The third-order valence-electron chi connectivity index (χ3n) is 2.20. The lowest BCUT2D eigenvalue weighted by atomic mass is 10.1. The number of hydrogen-bond donors (Lipinski definition) is 0. The second kappa shape index (κ2) is 3.50. The summed E-state index contributed by atoms with van der Waals surface area (Å²) in [7, 11) is 0. The fraction of sp³-hybridized carbons (Fsp3) is 0.500. The molecule has 1 aromatic heterocycles.